The second-order valence-corrected chi connectivity index (χ2v) is 7.45. The number of fused-ring (bicyclic) bond motifs is 1. The van der Waals surface area contributed by atoms with Gasteiger partial charge in [-0.05, 0) is 42.3 Å². The number of aryl methyl sites for hydroxylation is 1. The van der Waals surface area contributed by atoms with E-state index in [1.807, 2.05) is 52.1 Å². The molecule has 3 rings (SSSR count). The molecule has 0 bridgehead atoms. The van der Waals surface area contributed by atoms with Crippen LogP contribution in [0.15, 0.2) is 36.5 Å². The lowest BCUT2D eigenvalue weighted by Gasteiger charge is -2.19. The number of ether oxygens (including phenoxy) is 1. The molecule has 1 aromatic heterocycles. The molecule has 2 aromatic rings. The zero-order valence-electron chi connectivity index (χ0n) is 14.7. The minimum atomic E-state index is -0.379. The van der Waals surface area contributed by atoms with Crippen LogP contribution in [0.3, 0.4) is 0 Å². The van der Waals surface area contributed by atoms with Gasteiger partial charge in [0.2, 0.25) is 5.91 Å². The molecule has 1 aliphatic heterocycles. The van der Waals surface area contributed by atoms with E-state index in [9.17, 15) is 4.79 Å². The van der Waals surface area contributed by atoms with Crippen molar-refractivity contribution in [1.29, 1.82) is 0 Å². The van der Waals surface area contributed by atoms with Crippen molar-refractivity contribution in [3.8, 4) is 17.0 Å². The molecule has 1 amide bonds. The summed E-state index contributed by atoms with van der Waals surface area (Å²) >= 11 is 0. The van der Waals surface area contributed by atoms with E-state index in [0.29, 0.717) is 6.54 Å². The van der Waals surface area contributed by atoms with Gasteiger partial charge in [-0.2, -0.15) is 0 Å². The van der Waals surface area contributed by atoms with Crippen LogP contribution in [0.25, 0.3) is 11.3 Å². The van der Waals surface area contributed by atoms with Crippen LogP contribution in [0, 0.1) is 12.3 Å². The van der Waals surface area contributed by atoms with Crippen molar-refractivity contribution in [1.82, 2.24) is 10.3 Å². The van der Waals surface area contributed by atoms with E-state index in [-0.39, 0.29) is 17.4 Å². The molecule has 0 unspecified atom stereocenters. The number of rotatable bonds is 3. The van der Waals surface area contributed by atoms with Crippen LogP contribution in [0.2, 0.25) is 0 Å². The third-order valence-corrected chi connectivity index (χ3v) is 4.18. The lowest BCUT2D eigenvalue weighted by molar-refractivity contribution is -0.128. The predicted molar refractivity (Wildman–Crippen MR) is 95.0 cm³/mol. The first-order chi connectivity index (χ1) is 11.3. The zero-order valence-corrected chi connectivity index (χ0v) is 14.7. The minimum absolute atomic E-state index is 0.00692. The number of carbonyl (C=O) groups is 1. The molecule has 2 heterocycles. The molecule has 0 saturated carbocycles. The largest absolute Gasteiger partial charge is 0.488 e. The van der Waals surface area contributed by atoms with Crippen molar-refractivity contribution < 1.29 is 9.53 Å². The topological polar surface area (TPSA) is 51.2 Å². The summed E-state index contributed by atoms with van der Waals surface area (Å²) in [6.45, 7) is 8.29. The summed E-state index contributed by atoms with van der Waals surface area (Å²) in [5, 5.41) is 2.98. The number of nitrogens with zero attached hydrogens (tertiary/aromatic N) is 1. The summed E-state index contributed by atoms with van der Waals surface area (Å²) in [5.74, 6) is 0.951. The summed E-state index contributed by atoms with van der Waals surface area (Å²) < 4.78 is 5.94. The zero-order chi connectivity index (χ0) is 17.3. The van der Waals surface area contributed by atoms with Gasteiger partial charge in [-0.1, -0.05) is 26.8 Å². The quantitative estimate of drug-likeness (QED) is 0.940. The van der Waals surface area contributed by atoms with E-state index in [2.05, 4.69) is 22.4 Å². The molecule has 0 spiro atoms. The molecule has 126 valence electrons. The summed E-state index contributed by atoms with van der Waals surface area (Å²) in [6, 6.07) is 10.3. The van der Waals surface area contributed by atoms with Crippen molar-refractivity contribution >= 4 is 5.91 Å². The summed E-state index contributed by atoms with van der Waals surface area (Å²) in [4.78, 5) is 16.5. The number of amides is 1. The maximum atomic E-state index is 12.0. The van der Waals surface area contributed by atoms with Crippen molar-refractivity contribution in [2.24, 2.45) is 5.41 Å². The predicted octanol–water partition coefficient (Wildman–Crippen LogP) is 3.52. The van der Waals surface area contributed by atoms with E-state index in [1.54, 1.807) is 0 Å². The van der Waals surface area contributed by atoms with Crippen molar-refractivity contribution in [2.45, 2.75) is 40.2 Å². The SMILES string of the molecule is Cc1ccc(-c2ccc3c(c2)C[C@@H](CNC(=O)C(C)(C)C)O3)nc1. The Morgan fingerprint density at radius 1 is 1.29 bits per heavy atom. The number of hydrogen-bond donors (Lipinski definition) is 1. The van der Waals surface area contributed by atoms with Crippen LogP contribution in [-0.2, 0) is 11.2 Å². The van der Waals surface area contributed by atoms with Gasteiger partial charge in [0.05, 0.1) is 12.2 Å². The lowest BCUT2D eigenvalue weighted by atomic mass is 9.95. The Kier molecular flexibility index (Phi) is 4.31. The van der Waals surface area contributed by atoms with Gasteiger partial charge in [0, 0.05) is 23.6 Å². The van der Waals surface area contributed by atoms with Gasteiger partial charge in [0.15, 0.2) is 0 Å². The number of pyridine rings is 1. The van der Waals surface area contributed by atoms with Crippen LogP contribution in [0.5, 0.6) is 5.75 Å². The molecular formula is C20H24N2O2. The molecule has 1 N–H and O–H groups in total. The van der Waals surface area contributed by atoms with E-state index >= 15 is 0 Å². The minimum Gasteiger partial charge on any atom is -0.488 e. The van der Waals surface area contributed by atoms with Crippen LogP contribution in [-0.4, -0.2) is 23.5 Å². The van der Waals surface area contributed by atoms with Crippen LogP contribution in [0.1, 0.15) is 31.9 Å². The maximum Gasteiger partial charge on any atom is 0.225 e. The molecule has 1 aliphatic rings. The fraction of sp³-hybridized carbons (Fsp3) is 0.400. The highest BCUT2D eigenvalue weighted by molar-refractivity contribution is 5.81. The van der Waals surface area contributed by atoms with E-state index in [0.717, 1.165) is 29.0 Å². The van der Waals surface area contributed by atoms with Gasteiger partial charge < -0.3 is 10.1 Å². The van der Waals surface area contributed by atoms with Crippen LogP contribution in [0.4, 0.5) is 0 Å². The lowest BCUT2D eigenvalue weighted by Crippen LogP contribution is -2.40. The third-order valence-electron chi connectivity index (χ3n) is 4.18. The summed E-state index contributed by atoms with van der Waals surface area (Å²) in [5.41, 5.74) is 4.00. The van der Waals surface area contributed by atoms with Crippen molar-refractivity contribution in [3.05, 3.63) is 47.7 Å². The van der Waals surface area contributed by atoms with E-state index < -0.39 is 0 Å². The van der Waals surface area contributed by atoms with Crippen molar-refractivity contribution in [2.75, 3.05) is 6.54 Å². The monoisotopic (exact) mass is 324 g/mol. The van der Waals surface area contributed by atoms with E-state index in [1.165, 1.54) is 5.56 Å². The first-order valence-corrected chi connectivity index (χ1v) is 8.34. The third kappa shape index (κ3) is 3.58. The van der Waals surface area contributed by atoms with Gasteiger partial charge in [0.1, 0.15) is 11.9 Å². The number of hydrogen-bond acceptors (Lipinski definition) is 3. The van der Waals surface area contributed by atoms with Gasteiger partial charge in [-0.3, -0.25) is 9.78 Å². The highest BCUT2D eigenvalue weighted by Crippen LogP contribution is 2.32. The Morgan fingerprint density at radius 2 is 2.08 bits per heavy atom. The van der Waals surface area contributed by atoms with Gasteiger partial charge in [-0.15, -0.1) is 0 Å². The summed E-state index contributed by atoms with van der Waals surface area (Å²) in [6.07, 6.45) is 2.68. The van der Waals surface area contributed by atoms with Crippen LogP contribution < -0.4 is 10.1 Å². The molecule has 1 atom stereocenters. The second-order valence-electron chi connectivity index (χ2n) is 7.45. The highest BCUT2D eigenvalue weighted by atomic mass is 16.5. The molecule has 0 aliphatic carbocycles. The van der Waals surface area contributed by atoms with Gasteiger partial charge in [-0.25, -0.2) is 0 Å². The molecule has 0 fully saturated rings. The average Bonchev–Trinajstić information content (AvgIpc) is 2.94. The van der Waals surface area contributed by atoms with E-state index in [4.69, 9.17) is 4.74 Å². The molecule has 4 nitrogen and oxygen atoms in total. The normalized spacial score (nSPS) is 16.4. The van der Waals surface area contributed by atoms with Gasteiger partial charge in [0.25, 0.3) is 0 Å². The number of benzene rings is 1. The average molecular weight is 324 g/mol. The number of nitrogens with one attached hydrogen (secondary N) is 1. The second kappa shape index (κ2) is 6.27. The Morgan fingerprint density at radius 3 is 2.75 bits per heavy atom. The first kappa shape index (κ1) is 16.5. The fourth-order valence-electron chi connectivity index (χ4n) is 2.70. The first-order valence-electron chi connectivity index (χ1n) is 8.34. The Bertz CT molecular complexity index is 745. The smallest absolute Gasteiger partial charge is 0.225 e. The molecule has 4 heteroatoms. The van der Waals surface area contributed by atoms with Gasteiger partial charge >= 0.3 is 0 Å². The molecule has 0 saturated heterocycles. The standard InChI is InChI=1S/C20H24N2O2/c1-13-5-7-17(21-11-13)14-6-8-18-15(9-14)10-16(24-18)12-22-19(23)20(2,3)4/h5-9,11,16H,10,12H2,1-4H3,(H,22,23)/t16-/m0/s1. The Hall–Kier alpha value is -2.36. The summed E-state index contributed by atoms with van der Waals surface area (Å²) in [7, 11) is 0. The Balaban J connectivity index is 1.67. The Labute approximate surface area is 143 Å². The molecule has 1 aromatic carbocycles. The molecule has 0 radical (unpaired) electrons. The highest BCUT2D eigenvalue weighted by Gasteiger charge is 2.26. The van der Waals surface area contributed by atoms with Crippen molar-refractivity contribution in [3.63, 3.8) is 0 Å². The fourth-order valence-corrected chi connectivity index (χ4v) is 2.70. The number of aromatic nitrogens is 1. The van der Waals surface area contributed by atoms with Crippen LogP contribution >= 0.6 is 0 Å². The maximum absolute atomic E-state index is 12.0. The molecule has 24 heavy (non-hydrogen) atoms. The number of carbonyl (C=O) groups excluding carboxylic acids is 1. The molecular weight excluding hydrogens is 300 g/mol.